The second kappa shape index (κ2) is 11.5. The minimum atomic E-state index is -0.0628. The zero-order chi connectivity index (χ0) is 22.8. The molecule has 0 aliphatic carbocycles. The number of aromatic nitrogens is 1. The SMILES string of the molecule is CCNC(=NCC(C)(C)c1ccccc1)NCCC(=O)N1CCN(c2ccccn2)CC1. The third kappa shape index (κ3) is 6.70. The number of nitrogens with one attached hydrogen (secondary N) is 2. The highest BCUT2D eigenvalue weighted by atomic mass is 16.2. The van der Waals surface area contributed by atoms with Crippen molar-refractivity contribution in [1.82, 2.24) is 20.5 Å². The maximum atomic E-state index is 12.7. The molecule has 1 aliphatic rings. The van der Waals surface area contributed by atoms with Crippen LogP contribution in [0.4, 0.5) is 5.82 Å². The van der Waals surface area contributed by atoms with Crippen LogP contribution in [0.1, 0.15) is 32.8 Å². The Labute approximate surface area is 191 Å². The molecule has 0 unspecified atom stereocenters. The number of hydrogen-bond acceptors (Lipinski definition) is 4. The van der Waals surface area contributed by atoms with Crippen LogP contribution in [0.2, 0.25) is 0 Å². The molecule has 1 amide bonds. The fourth-order valence-corrected chi connectivity index (χ4v) is 3.77. The molecule has 0 atom stereocenters. The molecule has 1 saturated heterocycles. The molecule has 1 fully saturated rings. The average molecular weight is 437 g/mol. The summed E-state index contributed by atoms with van der Waals surface area (Å²) in [6.07, 6.45) is 2.26. The molecule has 32 heavy (non-hydrogen) atoms. The van der Waals surface area contributed by atoms with Crippen LogP contribution in [-0.2, 0) is 10.2 Å². The van der Waals surface area contributed by atoms with Gasteiger partial charge in [0.05, 0.1) is 6.54 Å². The molecule has 0 radical (unpaired) electrons. The van der Waals surface area contributed by atoms with Crippen LogP contribution >= 0.6 is 0 Å². The van der Waals surface area contributed by atoms with E-state index in [1.807, 2.05) is 42.3 Å². The van der Waals surface area contributed by atoms with Crippen molar-refractivity contribution in [3.8, 4) is 0 Å². The fraction of sp³-hybridized carbons (Fsp3) is 0.480. The van der Waals surface area contributed by atoms with Gasteiger partial charge in [0.15, 0.2) is 5.96 Å². The second-order valence-corrected chi connectivity index (χ2v) is 8.68. The van der Waals surface area contributed by atoms with Crippen molar-refractivity contribution in [1.29, 1.82) is 0 Å². The quantitative estimate of drug-likeness (QED) is 0.492. The summed E-state index contributed by atoms with van der Waals surface area (Å²) in [7, 11) is 0. The summed E-state index contributed by atoms with van der Waals surface area (Å²) in [6, 6.07) is 16.4. The number of carbonyl (C=O) groups excluding carboxylic acids is 1. The fourth-order valence-electron chi connectivity index (χ4n) is 3.77. The molecule has 2 aromatic rings. The van der Waals surface area contributed by atoms with Crippen LogP contribution < -0.4 is 15.5 Å². The number of amides is 1. The number of aliphatic imine (C=N–C) groups is 1. The minimum absolute atomic E-state index is 0.0628. The highest BCUT2D eigenvalue weighted by Crippen LogP contribution is 2.23. The Balaban J connectivity index is 1.45. The zero-order valence-corrected chi connectivity index (χ0v) is 19.6. The minimum Gasteiger partial charge on any atom is -0.357 e. The lowest BCUT2D eigenvalue weighted by molar-refractivity contribution is -0.131. The van der Waals surface area contributed by atoms with Gasteiger partial charge in [0.25, 0.3) is 0 Å². The van der Waals surface area contributed by atoms with Gasteiger partial charge in [-0.3, -0.25) is 9.79 Å². The Kier molecular flexibility index (Phi) is 8.48. The summed E-state index contributed by atoms with van der Waals surface area (Å²) >= 11 is 0. The van der Waals surface area contributed by atoms with Crippen molar-refractivity contribution in [2.45, 2.75) is 32.6 Å². The molecular formula is C25H36N6O. The van der Waals surface area contributed by atoms with Gasteiger partial charge in [-0.05, 0) is 24.6 Å². The first-order valence-corrected chi connectivity index (χ1v) is 11.5. The van der Waals surface area contributed by atoms with Crippen LogP contribution in [0.3, 0.4) is 0 Å². The Morgan fingerprint density at radius 2 is 1.75 bits per heavy atom. The Morgan fingerprint density at radius 3 is 2.41 bits per heavy atom. The van der Waals surface area contributed by atoms with Crippen LogP contribution in [0.5, 0.6) is 0 Å². The summed E-state index contributed by atoms with van der Waals surface area (Å²) in [5.74, 6) is 1.91. The van der Waals surface area contributed by atoms with E-state index >= 15 is 0 Å². The van der Waals surface area contributed by atoms with Gasteiger partial charge in [-0.2, -0.15) is 0 Å². The predicted molar refractivity (Wildman–Crippen MR) is 131 cm³/mol. The van der Waals surface area contributed by atoms with Crippen LogP contribution in [0, 0.1) is 0 Å². The number of rotatable bonds is 8. The number of piperazine rings is 1. The van der Waals surface area contributed by atoms with Crippen molar-refractivity contribution >= 4 is 17.7 Å². The van der Waals surface area contributed by atoms with E-state index in [2.05, 4.69) is 58.6 Å². The molecule has 1 aliphatic heterocycles. The molecule has 172 valence electrons. The number of carbonyl (C=O) groups is 1. The summed E-state index contributed by atoms with van der Waals surface area (Å²) in [5, 5.41) is 6.60. The van der Waals surface area contributed by atoms with E-state index in [0.717, 1.165) is 44.5 Å². The molecule has 0 saturated carbocycles. The van der Waals surface area contributed by atoms with E-state index in [0.29, 0.717) is 19.5 Å². The monoisotopic (exact) mass is 436 g/mol. The summed E-state index contributed by atoms with van der Waals surface area (Å²) in [5.41, 5.74) is 1.20. The number of anilines is 1. The predicted octanol–water partition coefficient (Wildman–Crippen LogP) is 2.65. The Morgan fingerprint density at radius 1 is 1.03 bits per heavy atom. The van der Waals surface area contributed by atoms with E-state index < -0.39 is 0 Å². The first-order chi connectivity index (χ1) is 15.5. The molecule has 1 aromatic carbocycles. The highest BCUT2D eigenvalue weighted by Gasteiger charge is 2.22. The normalized spacial score (nSPS) is 14.9. The summed E-state index contributed by atoms with van der Waals surface area (Å²) in [6.45, 7) is 11.5. The van der Waals surface area contributed by atoms with Gasteiger partial charge in [-0.15, -0.1) is 0 Å². The maximum Gasteiger partial charge on any atom is 0.224 e. The molecular weight excluding hydrogens is 400 g/mol. The number of hydrogen-bond donors (Lipinski definition) is 2. The van der Waals surface area contributed by atoms with Gasteiger partial charge in [0.1, 0.15) is 5.82 Å². The molecule has 3 rings (SSSR count). The van der Waals surface area contributed by atoms with E-state index in [9.17, 15) is 4.79 Å². The molecule has 0 bridgehead atoms. The highest BCUT2D eigenvalue weighted by molar-refractivity contribution is 5.81. The smallest absolute Gasteiger partial charge is 0.224 e. The van der Waals surface area contributed by atoms with Crippen molar-refractivity contribution in [2.75, 3.05) is 50.7 Å². The van der Waals surface area contributed by atoms with Gasteiger partial charge in [0, 0.05) is 57.3 Å². The third-order valence-corrected chi connectivity index (χ3v) is 5.77. The number of pyridine rings is 1. The van der Waals surface area contributed by atoms with Crippen molar-refractivity contribution in [3.63, 3.8) is 0 Å². The van der Waals surface area contributed by atoms with E-state index in [4.69, 9.17) is 4.99 Å². The van der Waals surface area contributed by atoms with E-state index in [1.54, 1.807) is 0 Å². The van der Waals surface area contributed by atoms with Crippen LogP contribution in [0.15, 0.2) is 59.7 Å². The molecule has 1 aromatic heterocycles. The lowest BCUT2D eigenvalue weighted by atomic mass is 9.85. The molecule has 0 spiro atoms. The number of guanidine groups is 1. The Hall–Kier alpha value is -3.09. The summed E-state index contributed by atoms with van der Waals surface area (Å²) in [4.78, 5) is 26.0. The Bertz CT molecular complexity index is 861. The van der Waals surface area contributed by atoms with Gasteiger partial charge in [-0.25, -0.2) is 4.98 Å². The molecule has 2 heterocycles. The first kappa shape index (κ1) is 23.6. The van der Waals surface area contributed by atoms with E-state index in [-0.39, 0.29) is 11.3 Å². The maximum absolute atomic E-state index is 12.7. The molecule has 2 N–H and O–H groups in total. The van der Waals surface area contributed by atoms with Crippen molar-refractivity contribution < 1.29 is 4.79 Å². The largest absolute Gasteiger partial charge is 0.357 e. The zero-order valence-electron chi connectivity index (χ0n) is 19.6. The van der Waals surface area contributed by atoms with Gasteiger partial charge in [-0.1, -0.05) is 50.2 Å². The topological polar surface area (TPSA) is 72.9 Å². The van der Waals surface area contributed by atoms with Crippen molar-refractivity contribution in [3.05, 3.63) is 60.3 Å². The third-order valence-electron chi connectivity index (χ3n) is 5.77. The standard InChI is InChI=1S/C25H36N6O/c1-4-26-24(29-20-25(2,3)21-10-6-5-7-11-21)28-15-13-23(32)31-18-16-30(17-19-31)22-12-8-9-14-27-22/h5-12,14H,4,13,15-20H2,1-3H3,(H2,26,28,29). The molecule has 7 nitrogen and oxygen atoms in total. The van der Waals surface area contributed by atoms with Crippen LogP contribution in [0.25, 0.3) is 0 Å². The summed E-state index contributed by atoms with van der Waals surface area (Å²) < 4.78 is 0. The molecule has 7 heteroatoms. The number of benzene rings is 1. The van der Waals surface area contributed by atoms with Gasteiger partial charge < -0.3 is 20.4 Å². The first-order valence-electron chi connectivity index (χ1n) is 11.5. The van der Waals surface area contributed by atoms with Crippen LogP contribution in [-0.4, -0.2) is 67.6 Å². The number of nitrogens with zero attached hydrogens (tertiary/aromatic N) is 4. The lowest BCUT2D eigenvalue weighted by Gasteiger charge is -2.35. The van der Waals surface area contributed by atoms with Gasteiger partial charge in [0.2, 0.25) is 5.91 Å². The van der Waals surface area contributed by atoms with Gasteiger partial charge >= 0.3 is 0 Å². The second-order valence-electron chi connectivity index (χ2n) is 8.68. The lowest BCUT2D eigenvalue weighted by Crippen LogP contribution is -2.49. The van der Waals surface area contributed by atoms with E-state index in [1.165, 1.54) is 5.56 Å². The van der Waals surface area contributed by atoms with Crippen molar-refractivity contribution in [2.24, 2.45) is 4.99 Å². The average Bonchev–Trinajstić information content (AvgIpc) is 2.83.